The van der Waals surface area contributed by atoms with E-state index in [1.54, 1.807) is 6.92 Å². The molecule has 1 heterocycles. The van der Waals surface area contributed by atoms with Gasteiger partial charge in [0.2, 0.25) is 0 Å². The lowest BCUT2D eigenvalue weighted by molar-refractivity contribution is -0.700. The maximum atomic E-state index is 11.7. The molecule has 166 valence electrons. The highest BCUT2D eigenvalue weighted by atomic mass is 35.5. The average molecular weight is 424 g/mol. The third-order valence-corrected chi connectivity index (χ3v) is 5.20. The summed E-state index contributed by atoms with van der Waals surface area (Å²) in [5, 5.41) is 0. The molecule has 1 aromatic rings. The summed E-state index contributed by atoms with van der Waals surface area (Å²) < 4.78 is 7.42. The number of pyridine rings is 1. The second kappa shape index (κ2) is 18.7. The third-order valence-electron chi connectivity index (χ3n) is 5.20. The number of carbonyl (C=O) groups is 1. The van der Waals surface area contributed by atoms with Crippen LogP contribution in [-0.2, 0) is 11.3 Å². The zero-order chi connectivity index (χ0) is 20.5. The Morgan fingerprint density at radius 1 is 0.862 bits per heavy atom. The van der Waals surface area contributed by atoms with E-state index in [0.717, 1.165) is 13.0 Å². The van der Waals surface area contributed by atoms with Gasteiger partial charge in [0.25, 0.3) is 0 Å². The zero-order valence-corrected chi connectivity index (χ0v) is 19.5. The van der Waals surface area contributed by atoms with Crippen molar-refractivity contribution in [1.82, 2.24) is 0 Å². The molecule has 1 aromatic heterocycles. The van der Waals surface area contributed by atoms with Crippen molar-refractivity contribution in [2.45, 2.75) is 110 Å². The molecule has 0 bridgehead atoms. The number of aryl methyl sites for hydroxylation is 1. The molecule has 0 aliphatic heterocycles. The molecule has 0 spiro atoms. The minimum Gasteiger partial charge on any atom is -1.00 e. The molecule has 0 radical (unpaired) electrons. The molecule has 0 N–H and O–H groups in total. The largest absolute Gasteiger partial charge is 1.00 e. The predicted octanol–water partition coefficient (Wildman–Crippen LogP) is 3.94. The first-order valence-electron chi connectivity index (χ1n) is 11.5. The van der Waals surface area contributed by atoms with Gasteiger partial charge >= 0.3 is 11.8 Å². The van der Waals surface area contributed by atoms with Crippen LogP contribution in [-0.4, -0.2) is 5.97 Å². The van der Waals surface area contributed by atoms with Gasteiger partial charge in [-0.15, -0.1) is 0 Å². The summed E-state index contributed by atoms with van der Waals surface area (Å²) in [5.41, 5.74) is 0.423. The van der Waals surface area contributed by atoms with E-state index < -0.39 is 0 Å². The molecule has 0 saturated carbocycles. The van der Waals surface area contributed by atoms with Crippen LogP contribution in [0.25, 0.3) is 0 Å². The Balaban J connectivity index is 0.00000784. The maximum Gasteiger partial charge on any atom is 0.375 e. The lowest BCUT2D eigenvalue weighted by Crippen LogP contribution is -3.00. The van der Waals surface area contributed by atoms with Crippen molar-refractivity contribution in [2.75, 3.05) is 0 Å². The van der Waals surface area contributed by atoms with E-state index >= 15 is 0 Å². The van der Waals surface area contributed by atoms with Crippen LogP contribution in [0, 0.1) is 0 Å². The van der Waals surface area contributed by atoms with Crippen LogP contribution in [0.4, 0.5) is 0 Å². The Kier molecular flexibility index (Phi) is 17.8. The van der Waals surface area contributed by atoms with E-state index in [-0.39, 0.29) is 18.4 Å². The second-order valence-corrected chi connectivity index (χ2v) is 8.00. The number of ether oxygens (including phenoxy) is 1. The molecule has 3 nitrogen and oxygen atoms in total. The van der Waals surface area contributed by atoms with Crippen molar-refractivity contribution < 1.29 is 26.5 Å². The van der Waals surface area contributed by atoms with Gasteiger partial charge in [0, 0.05) is 18.1 Å². The fourth-order valence-electron chi connectivity index (χ4n) is 3.40. The van der Waals surface area contributed by atoms with Gasteiger partial charge < -0.3 is 17.1 Å². The standard InChI is InChI=1S/C25H42NO2.ClH/c1-4-5-6-7-8-9-10-11-12-13-14-15-16-18-21-26-22-19-17-20-24(26)28-25(27)23(2)3;/h17,19-20,22H,2,4-16,18,21H2,1,3H3;1H/q+1;/p-1. The van der Waals surface area contributed by atoms with Gasteiger partial charge in [-0.2, -0.15) is 4.57 Å². The molecule has 1 rings (SSSR count). The average Bonchev–Trinajstić information content (AvgIpc) is 2.69. The molecular formula is C25H42ClNO2. The van der Waals surface area contributed by atoms with Crippen molar-refractivity contribution in [3.63, 3.8) is 0 Å². The molecule has 0 amide bonds. The van der Waals surface area contributed by atoms with Gasteiger partial charge in [0.1, 0.15) is 0 Å². The first-order chi connectivity index (χ1) is 13.6. The first kappa shape index (κ1) is 27.6. The molecule has 29 heavy (non-hydrogen) atoms. The van der Waals surface area contributed by atoms with E-state index in [1.807, 2.05) is 29.0 Å². The van der Waals surface area contributed by atoms with Crippen LogP contribution in [0.5, 0.6) is 5.88 Å². The summed E-state index contributed by atoms with van der Waals surface area (Å²) in [6, 6.07) is 5.70. The molecule has 0 unspecified atom stereocenters. The lowest BCUT2D eigenvalue weighted by Gasteiger charge is -2.05. The Labute approximate surface area is 185 Å². The summed E-state index contributed by atoms with van der Waals surface area (Å²) in [6.45, 7) is 8.47. The smallest absolute Gasteiger partial charge is 0.375 e. The van der Waals surface area contributed by atoms with E-state index in [4.69, 9.17) is 4.74 Å². The van der Waals surface area contributed by atoms with Gasteiger partial charge in [-0.3, -0.25) is 0 Å². The fourth-order valence-corrected chi connectivity index (χ4v) is 3.40. The molecule has 0 aliphatic carbocycles. The van der Waals surface area contributed by atoms with Crippen LogP contribution >= 0.6 is 0 Å². The normalized spacial score (nSPS) is 10.4. The van der Waals surface area contributed by atoms with Gasteiger partial charge in [-0.25, -0.2) is 4.79 Å². The Morgan fingerprint density at radius 2 is 1.34 bits per heavy atom. The van der Waals surface area contributed by atoms with E-state index in [9.17, 15) is 4.79 Å². The van der Waals surface area contributed by atoms with Crippen molar-refractivity contribution >= 4 is 5.97 Å². The highest BCUT2D eigenvalue weighted by Crippen LogP contribution is 2.13. The van der Waals surface area contributed by atoms with Crippen molar-refractivity contribution in [3.05, 3.63) is 36.5 Å². The van der Waals surface area contributed by atoms with Crippen molar-refractivity contribution in [3.8, 4) is 5.88 Å². The molecule has 0 fully saturated rings. The van der Waals surface area contributed by atoms with Gasteiger partial charge in [-0.1, -0.05) is 90.6 Å². The molecule has 4 heteroatoms. The predicted molar refractivity (Wildman–Crippen MR) is 117 cm³/mol. The summed E-state index contributed by atoms with van der Waals surface area (Å²) in [7, 11) is 0. The molecule has 0 atom stereocenters. The highest BCUT2D eigenvalue weighted by molar-refractivity contribution is 5.88. The van der Waals surface area contributed by atoms with Gasteiger partial charge in [0.15, 0.2) is 12.7 Å². The number of esters is 1. The van der Waals surface area contributed by atoms with Crippen LogP contribution in [0.15, 0.2) is 36.5 Å². The number of hydrogen-bond donors (Lipinski definition) is 0. The van der Waals surface area contributed by atoms with Crippen molar-refractivity contribution in [1.29, 1.82) is 0 Å². The number of halogens is 1. The summed E-state index contributed by atoms with van der Waals surface area (Å²) >= 11 is 0. The maximum absolute atomic E-state index is 11.7. The monoisotopic (exact) mass is 423 g/mol. The summed E-state index contributed by atoms with van der Waals surface area (Å²) in [6.07, 6.45) is 21.0. The number of unbranched alkanes of at least 4 members (excludes halogenated alkanes) is 13. The highest BCUT2D eigenvalue weighted by Gasteiger charge is 2.15. The first-order valence-corrected chi connectivity index (χ1v) is 11.5. The number of rotatable bonds is 17. The Hall–Kier alpha value is -1.35. The van der Waals surface area contributed by atoms with Crippen LogP contribution in [0.1, 0.15) is 104 Å². The molecule has 0 aliphatic rings. The van der Waals surface area contributed by atoms with Crippen LogP contribution in [0.2, 0.25) is 0 Å². The quantitative estimate of drug-likeness (QED) is 0.164. The molecular weight excluding hydrogens is 382 g/mol. The second-order valence-electron chi connectivity index (χ2n) is 8.00. The van der Waals surface area contributed by atoms with Crippen LogP contribution in [0.3, 0.4) is 0 Å². The fraction of sp³-hybridized carbons (Fsp3) is 0.680. The third kappa shape index (κ3) is 14.3. The SMILES string of the molecule is C=C(C)C(=O)Oc1cccc[n+]1CCCCCCCCCCCCCCCC.[Cl-]. The van der Waals surface area contributed by atoms with Gasteiger partial charge in [-0.05, 0) is 19.4 Å². The number of hydrogen-bond acceptors (Lipinski definition) is 2. The number of nitrogens with zero attached hydrogens (tertiary/aromatic N) is 1. The number of carbonyl (C=O) groups excluding carboxylic acids is 1. The van der Waals surface area contributed by atoms with Gasteiger partial charge in [0.05, 0.1) is 6.07 Å². The topological polar surface area (TPSA) is 30.2 Å². The Morgan fingerprint density at radius 3 is 1.83 bits per heavy atom. The summed E-state index contributed by atoms with van der Waals surface area (Å²) in [4.78, 5) is 11.7. The van der Waals surface area contributed by atoms with Crippen molar-refractivity contribution in [2.24, 2.45) is 0 Å². The van der Waals surface area contributed by atoms with E-state index in [1.165, 1.54) is 83.5 Å². The van der Waals surface area contributed by atoms with E-state index in [2.05, 4.69) is 13.5 Å². The van der Waals surface area contributed by atoms with Crippen LogP contribution < -0.4 is 21.7 Å². The molecule has 0 saturated heterocycles. The zero-order valence-electron chi connectivity index (χ0n) is 18.8. The van der Waals surface area contributed by atoms with E-state index in [0.29, 0.717) is 11.5 Å². The lowest BCUT2D eigenvalue weighted by atomic mass is 10.0. The Bertz CT molecular complexity index is 560. The number of aromatic nitrogens is 1. The minimum absolute atomic E-state index is 0. The minimum atomic E-state index is -0.360. The molecule has 0 aromatic carbocycles. The summed E-state index contributed by atoms with van der Waals surface area (Å²) in [5.74, 6) is 0.242.